The lowest BCUT2D eigenvalue weighted by molar-refractivity contribution is -0.0365. The summed E-state index contributed by atoms with van der Waals surface area (Å²) in [5.41, 5.74) is 6.09. The monoisotopic (exact) mass is 300 g/mol. The zero-order valence-corrected chi connectivity index (χ0v) is 13.2. The van der Waals surface area contributed by atoms with Crippen LogP contribution < -0.4 is 5.43 Å². The SMILES string of the molecule is CC(C)C1=NNC(O)C([C@H]2C[C@H](OCc3ccccc3)C2)=C1. The molecule has 3 rings (SSSR count). The predicted molar refractivity (Wildman–Crippen MR) is 87.2 cm³/mol. The summed E-state index contributed by atoms with van der Waals surface area (Å²) in [6.07, 6.45) is 3.65. The summed E-state index contributed by atoms with van der Waals surface area (Å²) in [5.74, 6) is 0.757. The van der Waals surface area contributed by atoms with Crippen LogP contribution in [0.2, 0.25) is 0 Å². The fraction of sp³-hybridized carbons (Fsp3) is 0.500. The summed E-state index contributed by atoms with van der Waals surface area (Å²) in [6, 6.07) is 10.2. The van der Waals surface area contributed by atoms with Gasteiger partial charge < -0.3 is 9.84 Å². The van der Waals surface area contributed by atoms with Gasteiger partial charge >= 0.3 is 0 Å². The molecule has 1 aromatic rings. The van der Waals surface area contributed by atoms with Crippen molar-refractivity contribution >= 4 is 5.71 Å². The van der Waals surface area contributed by atoms with Gasteiger partial charge in [0.25, 0.3) is 0 Å². The van der Waals surface area contributed by atoms with Gasteiger partial charge in [-0.1, -0.05) is 44.2 Å². The quantitative estimate of drug-likeness (QED) is 0.879. The van der Waals surface area contributed by atoms with Crippen molar-refractivity contribution in [3.63, 3.8) is 0 Å². The van der Waals surface area contributed by atoms with Gasteiger partial charge in [0.1, 0.15) is 0 Å². The van der Waals surface area contributed by atoms with E-state index in [9.17, 15) is 5.11 Å². The topological polar surface area (TPSA) is 53.9 Å². The van der Waals surface area contributed by atoms with E-state index in [-0.39, 0.29) is 0 Å². The number of benzene rings is 1. The van der Waals surface area contributed by atoms with Crippen molar-refractivity contribution in [1.29, 1.82) is 0 Å². The van der Waals surface area contributed by atoms with E-state index < -0.39 is 6.23 Å². The Kier molecular flexibility index (Phi) is 4.60. The normalized spacial score (nSPS) is 27.7. The minimum absolute atomic E-state index is 0.291. The van der Waals surface area contributed by atoms with Crippen LogP contribution in [0, 0.1) is 11.8 Å². The van der Waals surface area contributed by atoms with Gasteiger partial charge in [-0.3, -0.25) is 5.43 Å². The number of rotatable bonds is 5. The Labute approximate surface area is 131 Å². The van der Waals surface area contributed by atoms with Gasteiger partial charge in [-0.2, -0.15) is 5.10 Å². The molecule has 1 unspecified atom stereocenters. The first-order valence-electron chi connectivity index (χ1n) is 8.01. The molecule has 2 N–H and O–H groups in total. The molecule has 118 valence electrons. The highest BCUT2D eigenvalue weighted by Crippen LogP contribution is 2.38. The zero-order chi connectivity index (χ0) is 15.5. The predicted octanol–water partition coefficient (Wildman–Crippen LogP) is 2.84. The first-order valence-corrected chi connectivity index (χ1v) is 8.01. The molecule has 0 bridgehead atoms. The molecule has 1 aliphatic heterocycles. The Morgan fingerprint density at radius 3 is 2.68 bits per heavy atom. The fourth-order valence-electron chi connectivity index (χ4n) is 2.89. The molecule has 1 aromatic carbocycles. The molecular formula is C18H24N2O2. The van der Waals surface area contributed by atoms with E-state index in [2.05, 4.69) is 42.6 Å². The molecule has 0 radical (unpaired) electrons. The third-order valence-corrected chi connectivity index (χ3v) is 4.43. The van der Waals surface area contributed by atoms with Crippen LogP contribution in [0.3, 0.4) is 0 Å². The van der Waals surface area contributed by atoms with Crippen LogP contribution in [-0.2, 0) is 11.3 Å². The summed E-state index contributed by atoms with van der Waals surface area (Å²) < 4.78 is 5.94. The highest BCUT2D eigenvalue weighted by Gasteiger charge is 2.36. The molecular weight excluding hydrogens is 276 g/mol. The van der Waals surface area contributed by atoms with Gasteiger partial charge in [0.2, 0.25) is 0 Å². The van der Waals surface area contributed by atoms with Crippen molar-refractivity contribution in [3.05, 3.63) is 47.5 Å². The van der Waals surface area contributed by atoms with E-state index in [1.165, 1.54) is 5.56 Å². The van der Waals surface area contributed by atoms with Crippen LogP contribution in [0.1, 0.15) is 32.3 Å². The Balaban J connectivity index is 1.51. The Hall–Kier alpha value is -1.65. The Morgan fingerprint density at radius 2 is 2.00 bits per heavy atom. The maximum absolute atomic E-state index is 10.1. The number of hydrazone groups is 1. The second-order valence-electron chi connectivity index (χ2n) is 6.45. The molecule has 1 saturated carbocycles. The van der Waals surface area contributed by atoms with Crippen molar-refractivity contribution < 1.29 is 9.84 Å². The number of aliphatic hydroxyl groups is 1. The Bertz CT molecular complexity index is 560. The Morgan fingerprint density at radius 1 is 1.27 bits per heavy atom. The van der Waals surface area contributed by atoms with Crippen molar-refractivity contribution in [1.82, 2.24) is 5.43 Å². The first kappa shape index (κ1) is 15.3. The number of allylic oxidation sites excluding steroid dienone is 1. The number of ether oxygens (including phenoxy) is 1. The lowest BCUT2D eigenvalue weighted by Crippen LogP contribution is -2.41. The molecule has 1 aliphatic carbocycles. The number of hydrogen-bond acceptors (Lipinski definition) is 4. The van der Waals surface area contributed by atoms with Crippen LogP contribution >= 0.6 is 0 Å². The smallest absolute Gasteiger partial charge is 0.162 e. The van der Waals surface area contributed by atoms with Gasteiger partial charge in [-0.05, 0) is 41.9 Å². The maximum atomic E-state index is 10.1. The third-order valence-electron chi connectivity index (χ3n) is 4.43. The number of nitrogens with one attached hydrogen (secondary N) is 1. The molecule has 0 amide bonds. The molecule has 22 heavy (non-hydrogen) atoms. The number of aliphatic hydroxyl groups excluding tert-OH is 1. The average molecular weight is 300 g/mol. The lowest BCUT2D eigenvalue weighted by atomic mass is 9.75. The van der Waals surface area contributed by atoms with E-state index in [0.717, 1.165) is 24.1 Å². The minimum atomic E-state index is -0.650. The largest absolute Gasteiger partial charge is 0.373 e. The van der Waals surface area contributed by atoms with Gasteiger partial charge in [0, 0.05) is 0 Å². The molecule has 1 heterocycles. The van der Waals surface area contributed by atoms with Crippen molar-refractivity contribution in [2.45, 2.75) is 45.6 Å². The lowest BCUT2D eigenvalue weighted by Gasteiger charge is -2.39. The fourth-order valence-corrected chi connectivity index (χ4v) is 2.89. The van der Waals surface area contributed by atoms with E-state index in [4.69, 9.17) is 4.74 Å². The second kappa shape index (κ2) is 6.63. The molecule has 0 aromatic heterocycles. The molecule has 1 atom stereocenters. The van der Waals surface area contributed by atoms with Crippen LogP contribution in [0.4, 0.5) is 0 Å². The molecule has 0 spiro atoms. The molecule has 4 nitrogen and oxygen atoms in total. The van der Waals surface area contributed by atoms with Crippen LogP contribution in [0.5, 0.6) is 0 Å². The highest BCUT2D eigenvalue weighted by atomic mass is 16.5. The summed E-state index contributed by atoms with van der Waals surface area (Å²) in [7, 11) is 0. The average Bonchev–Trinajstić information content (AvgIpc) is 2.48. The second-order valence-corrected chi connectivity index (χ2v) is 6.45. The van der Waals surface area contributed by atoms with Crippen molar-refractivity contribution in [2.24, 2.45) is 16.9 Å². The molecule has 2 aliphatic rings. The zero-order valence-electron chi connectivity index (χ0n) is 13.2. The summed E-state index contributed by atoms with van der Waals surface area (Å²) >= 11 is 0. The number of hydrogen-bond donors (Lipinski definition) is 2. The van der Waals surface area contributed by atoms with E-state index in [1.807, 2.05) is 18.2 Å². The maximum Gasteiger partial charge on any atom is 0.162 e. The van der Waals surface area contributed by atoms with Gasteiger partial charge in [0.05, 0.1) is 18.4 Å². The van der Waals surface area contributed by atoms with E-state index >= 15 is 0 Å². The third kappa shape index (κ3) is 3.39. The van der Waals surface area contributed by atoms with Gasteiger partial charge in [0.15, 0.2) is 6.23 Å². The first-order chi connectivity index (χ1) is 10.6. The molecule has 1 fully saturated rings. The highest BCUT2D eigenvalue weighted by molar-refractivity contribution is 5.97. The van der Waals surface area contributed by atoms with Crippen LogP contribution in [0.25, 0.3) is 0 Å². The molecule has 4 heteroatoms. The van der Waals surface area contributed by atoms with Crippen molar-refractivity contribution in [2.75, 3.05) is 0 Å². The van der Waals surface area contributed by atoms with Crippen molar-refractivity contribution in [3.8, 4) is 0 Å². The summed E-state index contributed by atoms with van der Waals surface area (Å²) in [4.78, 5) is 0. The molecule has 0 saturated heterocycles. The summed E-state index contributed by atoms with van der Waals surface area (Å²) in [6.45, 7) is 4.88. The van der Waals surface area contributed by atoms with Crippen LogP contribution in [-0.4, -0.2) is 23.2 Å². The van der Waals surface area contributed by atoms with Gasteiger partial charge in [-0.25, -0.2) is 0 Å². The minimum Gasteiger partial charge on any atom is -0.373 e. The van der Waals surface area contributed by atoms with Crippen LogP contribution in [0.15, 0.2) is 47.1 Å². The standard InChI is InChI=1S/C18H24N2O2/c1-12(2)17-10-16(18(21)20-19-17)14-8-15(9-14)22-11-13-6-4-3-5-7-13/h3-7,10,12,14-15,18,20-21H,8-9,11H2,1-2H3/t14-,15-,18?. The van der Waals surface area contributed by atoms with E-state index in [1.54, 1.807) is 0 Å². The summed E-state index contributed by atoms with van der Waals surface area (Å²) in [5, 5.41) is 14.3. The van der Waals surface area contributed by atoms with Gasteiger partial charge in [-0.15, -0.1) is 0 Å². The number of nitrogens with zero attached hydrogens (tertiary/aromatic N) is 1. The van der Waals surface area contributed by atoms with E-state index in [0.29, 0.717) is 24.5 Å².